The van der Waals surface area contributed by atoms with Crippen LogP contribution in [0.4, 0.5) is 5.82 Å². The molecule has 0 saturated heterocycles. The fourth-order valence-electron chi connectivity index (χ4n) is 2.81. The number of allylic oxidation sites excluding steroid dienone is 1. The number of aromatic nitrogens is 1. The van der Waals surface area contributed by atoms with E-state index in [1.54, 1.807) is 0 Å². The first kappa shape index (κ1) is 14.8. The molecule has 0 aliphatic heterocycles. The Balaban J connectivity index is 1.81. The lowest BCUT2D eigenvalue weighted by atomic mass is 9.70. The Morgan fingerprint density at radius 1 is 1.45 bits per heavy atom. The van der Waals surface area contributed by atoms with Gasteiger partial charge >= 0.3 is 0 Å². The molecule has 20 heavy (non-hydrogen) atoms. The van der Waals surface area contributed by atoms with Crippen LogP contribution in [0.3, 0.4) is 0 Å². The summed E-state index contributed by atoms with van der Waals surface area (Å²) in [5.41, 5.74) is 2.83. The van der Waals surface area contributed by atoms with Crippen molar-refractivity contribution in [3.05, 3.63) is 48.7 Å². The first-order valence-corrected chi connectivity index (χ1v) is 7.50. The standard InChI is InChI=1S/C18H26N2/c1-5-18(4)10-8-16(9-11-18)15(3)13-20-17-7-6-14(2)12-19-17/h5-7,12,16H,1,3,8-11,13H2,2,4H3,(H,19,20). The fraction of sp³-hybridized carbons (Fsp3) is 0.500. The maximum Gasteiger partial charge on any atom is 0.126 e. The smallest absolute Gasteiger partial charge is 0.126 e. The van der Waals surface area contributed by atoms with Crippen LogP contribution in [-0.4, -0.2) is 11.5 Å². The van der Waals surface area contributed by atoms with Crippen LogP contribution < -0.4 is 5.32 Å². The largest absolute Gasteiger partial charge is 0.366 e. The SMILES string of the molecule is C=CC1(C)CCC(C(=C)CNc2ccc(C)cn2)CC1. The van der Waals surface area contributed by atoms with Gasteiger partial charge in [0.1, 0.15) is 5.82 Å². The van der Waals surface area contributed by atoms with Gasteiger partial charge in [-0.3, -0.25) is 0 Å². The van der Waals surface area contributed by atoms with Crippen LogP contribution in [0.25, 0.3) is 0 Å². The molecule has 0 unspecified atom stereocenters. The van der Waals surface area contributed by atoms with Gasteiger partial charge in [0.25, 0.3) is 0 Å². The van der Waals surface area contributed by atoms with Gasteiger partial charge in [0.15, 0.2) is 0 Å². The molecule has 1 aliphatic rings. The van der Waals surface area contributed by atoms with Crippen molar-refractivity contribution in [1.82, 2.24) is 4.98 Å². The van der Waals surface area contributed by atoms with Gasteiger partial charge in [-0.25, -0.2) is 4.98 Å². The third kappa shape index (κ3) is 3.72. The normalized spacial score (nSPS) is 26.0. The fourth-order valence-corrected chi connectivity index (χ4v) is 2.81. The van der Waals surface area contributed by atoms with Crippen LogP contribution in [0.2, 0.25) is 0 Å². The van der Waals surface area contributed by atoms with E-state index in [0.29, 0.717) is 11.3 Å². The van der Waals surface area contributed by atoms with Gasteiger partial charge in [-0.2, -0.15) is 0 Å². The number of rotatable bonds is 5. The van der Waals surface area contributed by atoms with E-state index in [4.69, 9.17) is 0 Å². The number of nitrogens with one attached hydrogen (secondary N) is 1. The highest BCUT2D eigenvalue weighted by atomic mass is 15.0. The molecule has 1 fully saturated rings. The summed E-state index contributed by atoms with van der Waals surface area (Å²) in [6.45, 7) is 13.4. The Morgan fingerprint density at radius 3 is 2.70 bits per heavy atom. The first-order chi connectivity index (χ1) is 9.52. The van der Waals surface area contributed by atoms with E-state index in [1.165, 1.54) is 36.8 Å². The Hall–Kier alpha value is -1.57. The summed E-state index contributed by atoms with van der Waals surface area (Å²) >= 11 is 0. The highest BCUT2D eigenvalue weighted by Crippen LogP contribution is 2.41. The highest BCUT2D eigenvalue weighted by molar-refractivity contribution is 5.36. The predicted octanol–water partition coefficient (Wildman–Crippen LogP) is 4.74. The second kappa shape index (κ2) is 6.25. The van der Waals surface area contributed by atoms with Gasteiger partial charge < -0.3 is 5.32 Å². The molecule has 0 amide bonds. The molecule has 1 aromatic heterocycles. The molecule has 2 nitrogen and oxygen atoms in total. The molecule has 1 N–H and O–H groups in total. The Bertz CT molecular complexity index is 465. The number of hydrogen-bond donors (Lipinski definition) is 1. The topological polar surface area (TPSA) is 24.9 Å². The molecule has 0 atom stereocenters. The molecular formula is C18H26N2. The molecule has 0 radical (unpaired) electrons. The zero-order chi connectivity index (χ0) is 14.6. The predicted molar refractivity (Wildman–Crippen MR) is 86.9 cm³/mol. The van der Waals surface area contributed by atoms with Crippen LogP contribution in [-0.2, 0) is 0 Å². The number of anilines is 1. The lowest BCUT2D eigenvalue weighted by Crippen LogP contribution is -2.24. The van der Waals surface area contributed by atoms with E-state index in [0.717, 1.165) is 12.4 Å². The van der Waals surface area contributed by atoms with Crippen molar-refractivity contribution in [3.8, 4) is 0 Å². The summed E-state index contributed by atoms with van der Waals surface area (Å²) in [7, 11) is 0. The van der Waals surface area contributed by atoms with Crippen molar-refractivity contribution in [2.75, 3.05) is 11.9 Å². The highest BCUT2D eigenvalue weighted by Gasteiger charge is 2.29. The van der Waals surface area contributed by atoms with Crippen LogP contribution >= 0.6 is 0 Å². The van der Waals surface area contributed by atoms with E-state index in [9.17, 15) is 0 Å². The maximum absolute atomic E-state index is 4.37. The lowest BCUT2D eigenvalue weighted by molar-refractivity contribution is 0.242. The zero-order valence-corrected chi connectivity index (χ0v) is 12.8. The van der Waals surface area contributed by atoms with Crippen LogP contribution in [0, 0.1) is 18.3 Å². The Morgan fingerprint density at radius 2 is 2.15 bits per heavy atom. The van der Waals surface area contributed by atoms with Gasteiger partial charge in [0, 0.05) is 12.7 Å². The summed E-state index contributed by atoms with van der Waals surface area (Å²) in [4.78, 5) is 4.37. The minimum absolute atomic E-state index is 0.336. The number of hydrogen-bond acceptors (Lipinski definition) is 2. The summed E-state index contributed by atoms with van der Waals surface area (Å²) in [6, 6.07) is 4.10. The van der Waals surface area contributed by atoms with Crippen molar-refractivity contribution < 1.29 is 0 Å². The van der Waals surface area contributed by atoms with E-state index in [-0.39, 0.29) is 0 Å². The molecule has 2 heteroatoms. The second-order valence-electron chi connectivity index (χ2n) is 6.37. The molecule has 0 aromatic carbocycles. The summed E-state index contributed by atoms with van der Waals surface area (Å²) in [5, 5.41) is 3.37. The minimum atomic E-state index is 0.336. The minimum Gasteiger partial charge on any atom is -0.366 e. The van der Waals surface area contributed by atoms with Gasteiger partial charge in [-0.1, -0.05) is 31.2 Å². The molecule has 1 saturated carbocycles. The zero-order valence-electron chi connectivity index (χ0n) is 12.8. The van der Waals surface area contributed by atoms with Gasteiger partial charge in [0.05, 0.1) is 0 Å². The average molecular weight is 270 g/mol. The van der Waals surface area contributed by atoms with Crippen molar-refractivity contribution in [2.45, 2.75) is 39.5 Å². The van der Waals surface area contributed by atoms with E-state index in [2.05, 4.69) is 42.5 Å². The van der Waals surface area contributed by atoms with Crippen LogP contribution in [0.5, 0.6) is 0 Å². The number of aryl methyl sites for hydroxylation is 1. The van der Waals surface area contributed by atoms with Crippen molar-refractivity contribution in [2.24, 2.45) is 11.3 Å². The van der Waals surface area contributed by atoms with Crippen molar-refractivity contribution in [1.29, 1.82) is 0 Å². The van der Waals surface area contributed by atoms with E-state index >= 15 is 0 Å². The monoisotopic (exact) mass is 270 g/mol. The third-order valence-electron chi connectivity index (χ3n) is 4.61. The van der Waals surface area contributed by atoms with Crippen molar-refractivity contribution in [3.63, 3.8) is 0 Å². The molecule has 0 spiro atoms. The maximum atomic E-state index is 4.37. The van der Waals surface area contributed by atoms with Crippen molar-refractivity contribution >= 4 is 5.82 Å². The number of pyridine rings is 1. The molecule has 1 heterocycles. The summed E-state index contributed by atoms with van der Waals surface area (Å²) in [5.74, 6) is 1.57. The van der Waals surface area contributed by atoms with E-state index < -0.39 is 0 Å². The Kier molecular flexibility index (Phi) is 4.64. The second-order valence-corrected chi connectivity index (χ2v) is 6.37. The van der Waals surface area contributed by atoms with Gasteiger partial charge in [-0.05, 0) is 55.6 Å². The van der Waals surface area contributed by atoms with Gasteiger partial charge in [0.2, 0.25) is 0 Å². The van der Waals surface area contributed by atoms with Crippen LogP contribution in [0.1, 0.15) is 38.2 Å². The quantitative estimate of drug-likeness (QED) is 0.782. The molecule has 0 bridgehead atoms. The first-order valence-electron chi connectivity index (χ1n) is 7.50. The summed E-state index contributed by atoms with van der Waals surface area (Å²) in [6.07, 6.45) is 8.92. The molecule has 1 aromatic rings. The van der Waals surface area contributed by atoms with Crippen LogP contribution in [0.15, 0.2) is 43.1 Å². The molecule has 2 rings (SSSR count). The molecule has 1 aliphatic carbocycles. The summed E-state index contributed by atoms with van der Waals surface area (Å²) < 4.78 is 0. The average Bonchev–Trinajstić information content (AvgIpc) is 2.47. The Labute approximate surface area is 123 Å². The third-order valence-corrected chi connectivity index (χ3v) is 4.61. The van der Waals surface area contributed by atoms with Gasteiger partial charge in [-0.15, -0.1) is 6.58 Å². The molecular weight excluding hydrogens is 244 g/mol. The number of nitrogens with zero attached hydrogens (tertiary/aromatic N) is 1. The lowest BCUT2D eigenvalue weighted by Gasteiger charge is -2.35. The van der Waals surface area contributed by atoms with E-state index in [1.807, 2.05) is 19.2 Å². The molecule has 108 valence electrons.